The molecule has 0 aromatic heterocycles. The largest absolute Gasteiger partial charge is 0.508 e. The fourth-order valence-corrected chi connectivity index (χ4v) is 5.89. The third kappa shape index (κ3) is 4.16. The van der Waals surface area contributed by atoms with E-state index in [-0.39, 0.29) is 53.7 Å². The summed E-state index contributed by atoms with van der Waals surface area (Å²) in [5, 5.41) is 39.7. The van der Waals surface area contributed by atoms with Crippen LogP contribution in [0, 0.1) is 0 Å². The quantitative estimate of drug-likeness (QED) is 0.324. The number of phenolic OH excluding ortho intramolecular Hbond substituents is 4. The van der Waals surface area contributed by atoms with Gasteiger partial charge in [0.15, 0.2) is 0 Å². The Hall–Kier alpha value is -4.02. The van der Waals surface area contributed by atoms with Gasteiger partial charge in [0.1, 0.15) is 23.0 Å². The molecule has 0 aliphatic rings. The molecule has 8 nitrogen and oxygen atoms in total. The first-order chi connectivity index (χ1) is 16.0. The summed E-state index contributed by atoms with van der Waals surface area (Å²) in [5.74, 6) is -0.970. The number of hydrogen-bond donors (Lipinski definition) is 4. The summed E-state index contributed by atoms with van der Waals surface area (Å²) in [4.78, 5) is -0.626. The minimum absolute atomic E-state index is 0.0971. The second-order valence-electron chi connectivity index (χ2n) is 7.35. The van der Waals surface area contributed by atoms with E-state index in [1.54, 1.807) is 0 Å². The van der Waals surface area contributed by atoms with E-state index >= 15 is 0 Å². The van der Waals surface area contributed by atoms with Crippen molar-refractivity contribution in [3.05, 3.63) is 84.9 Å². The zero-order valence-corrected chi connectivity index (χ0v) is 19.0. The van der Waals surface area contributed by atoms with Crippen LogP contribution in [0.2, 0.25) is 0 Å². The molecule has 0 aliphatic carbocycles. The van der Waals surface area contributed by atoms with E-state index in [2.05, 4.69) is 0 Å². The van der Waals surface area contributed by atoms with E-state index in [0.717, 1.165) is 24.3 Å². The standard InChI is InChI=1S/C24H18O8S2/c25-15-1-5-17(6-2-15)33(29,30)19-9-11-23(27)21(13-19)22-14-20(10-12-24(22)28)34(31,32)18-7-3-16(26)4-8-18/h1-14,25-28H. The van der Waals surface area contributed by atoms with Crippen molar-refractivity contribution in [1.82, 2.24) is 0 Å². The fourth-order valence-electron chi connectivity index (χ4n) is 3.32. The molecule has 174 valence electrons. The Balaban J connectivity index is 1.84. The third-order valence-electron chi connectivity index (χ3n) is 5.14. The van der Waals surface area contributed by atoms with Crippen LogP contribution in [0.25, 0.3) is 11.1 Å². The molecular formula is C24H18O8S2. The minimum Gasteiger partial charge on any atom is -0.508 e. The number of hydrogen-bond acceptors (Lipinski definition) is 8. The maximum Gasteiger partial charge on any atom is 0.206 e. The van der Waals surface area contributed by atoms with Crippen molar-refractivity contribution in [2.75, 3.05) is 0 Å². The highest BCUT2D eigenvalue weighted by Gasteiger charge is 2.23. The van der Waals surface area contributed by atoms with Crippen molar-refractivity contribution in [1.29, 1.82) is 0 Å². The van der Waals surface area contributed by atoms with E-state index in [4.69, 9.17) is 0 Å². The second kappa shape index (κ2) is 8.40. The lowest BCUT2D eigenvalue weighted by atomic mass is 10.0. The number of phenols is 4. The summed E-state index contributed by atoms with van der Waals surface area (Å²) in [6.07, 6.45) is 0. The van der Waals surface area contributed by atoms with E-state index < -0.39 is 19.7 Å². The molecule has 0 aliphatic heterocycles. The molecule has 0 amide bonds. The van der Waals surface area contributed by atoms with Crippen LogP contribution in [0.1, 0.15) is 0 Å². The van der Waals surface area contributed by atoms with Crippen LogP contribution >= 0.6 is 0 Å². The smallest absolute Gasteiger partial charge is 0.206 e. The molecule has 0 saturated carbocycles. The summed E-state index contributed by atoms with van der Waals surface area (Å²) in [5.41, 5.74) is -0.194. The zero-order chi connectivity index (χ0) is 24.7. The molecule has 4 rings (SSSR count). The first-order valence-corrected chi connectivity index (χ1v) is 12.7. The Morgan fingerprint density at radius 2 is 0.706 bits per heavy atom. The number of benzene rings is 4. The Morgan fingerprint density at radius 1 is 0.412 bits per heavy atom. The lowest BCUT2D eigenvalue weighted by Gasteiger charge is -2.13. The van der Waals surface area contributed by atoms with Crippen molar-refractivity contribution in [2.45, 2.75) is 19.6 Å². The van der Waals surface area contributed by atoms with Gasteiger partial charge in [0.25, 0.3) is 0 Å². The average molecular weight is 499 g/mol. The highest BCUT2D eigenvalue weighted by Crippen LogP contribution is 2.39. The summed E-state index contributed by atoms with van der Waals surface area (Å²) >= 11 is 0. The van der Waals surface area contributed by atoms with E-state index in [0.29, 0.717) is 0 Å². The number of aromatic hydroxyl groups is 4. The molecular weight excluding hydrogens is 480 g/mol. The van der Waals surface area contributed by atoms with Crippen LogP contribution in [-0.4, -0.2) is 37.3 Å². The SMILES string of the molecule is O=S(=O)(c1ccc(O)cc1)c1ccc(O)c(-c2cc(S(=O)(=O)c3ccc(O)cc3)ccc2O)c1. The van der Waals surface area contributed by atoms with Gasteiger partial charge in [-0.25, -0.2) is 16.8 Å². The highest BCUT2D eigenvalue weighted by atomic mass is 32.2. The predicted octanol–water partition coefficient (Wildman–Crippen LogP) is 3.84. The summed E-state index contributed by atoms with van der Waals surface area (Å²) in [6, 6.07) is 16.6. The Kier molecular flexibility index (Phi) is 5.72. The van der Waals surface area contributed by atoms with Crippen LogP contribution in [0.5, 0.6) is 23.0 Å². The third-order valence-corrected chi connectivity index (χ3v) is 8.68. The van der Waals surface area contributed by atoms with Crippen molar-refractivity contribution in [3.8, 4) is 34.1 Å². The molecule has 0 saturated heterocycles. The molecule has 0 unspecified atom stereocenters. The van der Waals surface area contributed by atoms with Crippen molar-refractivity contribution in [2.24, 2.45) is 0 Å². The molecule has 0 fully saturated rings. The van der Waals surface area contributed by atoms with E-state index in [9.17, 15) is 37.3 Å². The van der Waals surface area contributed by atoms with Gasteiger partial charge in [0, 0.05) is 11.1 Å². The van der Waals surface area contributed by atoms with Crippen LogP contribution in [0.3, 0.4) is 0 Å². The molecule has 0 spiro atoms. The normalized spacial score (nSPS) is 11.9. The molecule has 34 heavy (non-hydrogen) atoms. The van der Waals surface area contributed by atoms with Crippen molar-refractivity contribution in [3.63, 3.8) is 0 Å². The van der Waals surface area contributed by atoms with Crippen LogP contribution in [0.4, 0.5) is 0 Å². The van der Waals surface area contributed by atoms with Crippen molar-refractivity contribution >= 4 is 19.7 Å². The molecule has 4 N–H and O–H groups in total. The van der Waals surface area contributed by atoms with Gasteiger partial charge >= 0.3 is 0 Å². The summed E-state index contributed by atoms with van der Waals surface area (Å²) < 4.78 is 52.1. The topological polar surface area (TPSA) is 149 Å². The van der Waals surface area contributed by atoms with Gasteiger partial charge in [0.05, 0.1) is 19.6 Å². The van der Waals surface area contributed by atoms with Gasteiger partial charge in [-0.2, -0.15) is 0 Å². The van der Waals surface area contributed by atoms with Gasteiger partial charge in [-0.15, -0.1) is 0 Å². The Labute approximate surface area is 195 Å². The van der Waals surface area contributed by atoms with Gasteiger partial charge in [-0.1, -0.05) is 0 Å². The fraction of sp³-hybridized carbons (Fsp3) is 0. The molecule has 0 bridgehead atoms. The maximum absolute atomic E-state index is 13.0. The summed E-state index contributed by atoms with van der Waals surface area (Å²) in [7, 11) is -8.09. The summed E-state index contributed by atoms with van der Waals surface area (Å²) in [6.45, 7) is 0. The predicted molar refractivity (Wildman–Crippen MR) is 122 cm³/mol. The van der Waals surface area contributed by atoms with Gasteiger partial charge < -0.3 is 20.4 Å². The lowest BCUT2D eigenvalue weighted by Crippen LogP contribution is -2.03. The number of rotatable bonds is 5. The number of sulfone groups is 2. The Morgan fingerprint density at radius 3 is 1.03 bits per heavy atom. The van der Waals surface area contributed by atoms with Crippen LogP contribution < -0.4 is 0 Å². The first-order valence-electron chi connectivity index (χ1n) is 9.75. The van der Waals surface area contributed by atoms with Gasteiger partial charge in [-0.05, 0) is 84.9 Å². The maximum atomic E-state index is 13.0. The lowest BCUT2D eigenvalue weighted by molar-refractivity contribution is 0.468. The zero-order valence-electron chi connectivity index (χ0n) is 17.3. The minimum atomic E-state index is -4.05. The van der Waals surface area contributed by atoms with Crippen LogP contribution in [0.15, 0.2) is 105 Å². The molecule has 10 heteroatoms. The monoisotopic (exact) mass is 498 g/mol. The van der Waals surface area contributed by atoms with E-state index in [1.165, 1.54) is 60.7 Å². The molecule has 4 aromatic carbocycles. The van der Waals surface area contributed by atoms with Crippen molar-refractivity contribution < 1.29 is 37.3 Å². The first kappa shape index (κ1) is 23.1. The van der Waals surface area contributed by atoms with Crippen LogP contribution in [-0.2, 0) is 19.7 Å². The Bertz CT molecular complexity index is 1470. The molecule has 0 heterocycles. The average Bonchev–Trinajstić information content (AvgIpc) is 2.80. The second-order valence-corrected chi connectivity index (χ2v) is 11.3. The molecule has 4 aromatic rings. The molecule has 0 atom stereocenters. The van der Waals surface area contributed by atoms with E-state index in [1.807, 2.05) is 0 Å². The highest BCUT2D eigenvalue weighted by molar-refractivity contribution is 7.91. The van der Waals surface area contributed by atoms with Gasteiger partial charge in [0.2, 0.25) is 19.7 Å². The van der Waals surface area contributed by atoms with Gasteiger partial charge in [-0.3, -0.25) is 0 Å². The molecule has 0 radical (unpaired) electrons.